The van der Waals surface area contributed by atoms with E-state index in [9.17, 15) is 0 Å². The molecule has 0 aliphatic rings. The maximum Gasteiger partial charge on any atom is 0.171 e. The number of anilines is 1. The summed E-state index contributed by atoms with van der Waals surface area (Å²) in [4.78, 5) is 0. The number of aromatic nitrogens is 2. The van der Waals surface area contributed by atoms with Crippen LogP contribution in [0.2, 0.25) is 0 Å². The highest BCUT2D eigenvalue weighted by Gasteiger charge is 2.02. The fourth-order valence-electron chi connectivity index (χ4n) is 1.81. The monoisotopic (exact) mass is 302 g/mol. The van der Waals surface area contributed by atoms with E-state index >= 15 is 0 Å². The molecular weight excluding hydrogens is 284 g/mol. The molecule has 21 heavy (non-hydrogen) atoms. The molecule has 0 radical (unpaired) electrons. The van der Waals surface area contributed by atoms with Crippen LogP contribution in [0.4, 0.5) is 5.69 Å². The van der Waals surface area contributed by atoms with Gasteiger partial charge in [-0.05, 0) is 29.9 Å². The third-order valence-corrected chi connectivity index (χ3v) is 3.02. The summed E-state index contributed by atoms with van der Waals surface area (Å²) in [6.45, 7) is 4.93. The molecule has 1 aromatic heterocycles. The van der Waals surface area contributed by atoms with Gasteiger partial charge in [-0.1, -0.05) is 18.2 Å². The molecule has 2 aromatic rings. The van der Waals surface area contributed by atoms with E-state index in [2.05, 4.69) is 22.3 Å². The number of methoxy groups -OCH3 is 1. The summed E-state index contributed by atoms with van der Waals surface area (Å²) >= 11 is 5.15. The van der Waals surface area contributed by atoms with Gasteiger partial charge in [0.1, 0.15) is 5.75 Å². The zero-order chi connectivity index (χ0) is 15.1. The number of rotatable bonds is 6. The van der Waals surface area contributed by atoms with Gasteiger partial charge in [0.25, 0.3) is 0 Å². The highest BCUT2D eigenvalue weighted by Crippen LogP contribution is 2.14. The van der Waals surface area contributed by atoms with Crippen molar-refractivity contribution in [3.8, 4) is 5.75 Å². The molecule has 0 unspecified atom stereocenters. The topological polar surface area (TPSA) is 51.1 Å². The van der Waals surface area contributed by atoms with Gasteiger partial charge in [-0.25, -0.2) is 0 Å². The lowest BCUT2D eigenvalue weighted by Gasteiger charge is -2.06. The fraction of sp³-hybridized carbons (Fsp3) is 0.200. The largest absolute Gasteiger partial charge is 0.497 e. The molecule has 2 rings (SSSR count). The summed E-state index contributed by atoms with van der Waals surface area (Å²) in [5.41, 5.74) is 1.97. The molecule has 0 bridgehead atoms. The van der Waals surface area contributed by atoms with Crippen LogP contribution in [0.3, 0.4) is 0 Å². The van der Waals surface area contributed by atoms with Crippen molar-refractivity contribution in [2.75, 3.05) is 19.0 Å². The van der Waals surface area contributed by atoms with Crippen LogP contribution in [0, 0.1) is 0 Å². The smallest absolute Gasteiger partial charge is 0.171 e. The molecule has 6 heteroatoms. The zero-order valence-corrected chi connectivity index (χ0v) is 12.7. The summed E-state index contributed by atoms with van der Waals surface area (Å²) < 4.78 is 7.05. The van der Waals surface area contributed by atoms with Gasteiger partial charge in [0, 0.05) is 12.7 Å². The first-order valence-corrected chi connectivity index (χ1v) is 6.93. The van der Waals surface area contributed by atoms with Crippen LogP contribution in [-0.4, -0.2) is 28.5 Å². The molecule has 0 spiro atoms. The molecule has 110 valence electrons. The Morgan fingerprint density at radius 2 is 2.38 bits per heavy atom. The van der Waals surface area contributed by atoms with E-state index in [1.165, 1.54) is 0 Å². The molecule has 1 heterocycles. The zero-order valence-electron chi connectivity index (χ0n) is 11.9. The number of hydrogen-bond acceptors (Lipinski definition) is 3. The third kappa shape index (κ3) is 4.61. The number of nitrogens with one attached hydrogen (secondary N) is 2. The summed E-state index contributed by atoms with van der Waals surface area (Å²) in [6.07, 6.45) is 5.39. The van der Waals surface area contributed by atoms with Crippen LogP contribution in [0.15, 0.2) is 49.3 Å². The van der Waals surface area contributed by atoms with Crippen molar-refractivity contribution in [2.24, 2.45) is 0 Å². The summed E-state index contributed by atoms with van der Waals surface area (Å²) in [5, 5.41) is 10.9. The molecule has 0 atom stereocenters. The quantitative estimate of drug-likeness (QED) is 0.634. The summed E-state index contributed by atoms with van der Waals surface area (Å²) in [7, 11) is 1.66. The first-order valence-electron chi connectivity index (χ1n) is 6.52. The Labute approximate surface area is 129 Å². The van der Waals surface area contributed by atoms with E-state index in [-0.39, 0.29) is 0 Å². The second-order valence-electron chi connectivity index (χ2n) is 4.40. The molecule has 1 aromatic carbocycles. The average Bonchev–Trinajstić information content (AvgIpc) is 2.92. The molecule has 0 saturated carbocycles. The first kappa shape index (κ1) is 15.1. The van der Waals surface area contributed by atoms with Crippen LogP contribution in [0.1, 0.15) is 5.56 Å². The minimum Gasteiger partial charge on any atom is -0.497 e. The second kappa shape index (κ2) is 7.44. The van der Waals surface area contributed by atoms with Crippen LogP contribution in [0.25, 0.3) is 0 Å². The van der Waals surface area contributed by atoms with E-state index in [0.717, 1.165) is 17.0 Å². The van der Waals surface area contributed by atoms with Crippen molar-refractivity contribution < 1.29 is 4.74 Å². The standard InChI is InChI=1S/C15H18N4OS/c1-3-7-16-15(21)18-13-9-17-19(11-13)10-12-5-4-6-14(8-12)20-2/h3-6,8-9,11H,1,7,10H2,2H3,(H2,16,18,21). The minimum atomic E-state index is 0.552. The average molecular weight is 302 g/mol. The highest BCUT2D eigenvalue weighted by molar-refractivity contribution is 7.80. The molecular formula is C15H18N4OS. The van der Waals surface area contributed by atoms with Crippen molar-refractivity contribution in [1.82, 2.24) is 15.1 Å². The van der Waals surface area contributed by atoms with Crippen molar-refractivity contribution in [1.29, 1.82) is 0 Å². The van der Waals surface area contributed by atoms with Crippen LogP contribution in [0.5, 0.6) is 5.75 Å². The van der Waals surface area contributed by atoms with Crippen molar-refractivity contribution in [2.45, 2.75) is 6.54 Å². The van der Waals surface area contributed by atoms with Gasteiger partial charge in [-0.3, -0.25) is 4.68 Å². The van der Waals surface area contributed by atoms with E-state index in [1.807, 2.05) is 35.1 Å². The van der Waals surface area contributed by atoms with Gasteiger partial charge in [0.05, 0.1) is 25.5 Å². The Morgan fingerprint density at radius 1 is 1.52 bits per heavy atom. The molecule has 0 aliphatic heterocycles. The number of thiocarbonyl (C=S) groups is 1. The lowest BCUT2D eigenvalue weighted by molar-refractivity contribution is 0.414. The third-order valence-electron chi connectivity index (χ3n) is 2.78. The Bertz CT molecular complexity index is 624. The van der Waals surface area contributed by atoms with Crippen LogP contribution >= 0.6 is 12.2 Å². The molecule has 5 nitrogen and oxygen atoms in total. The lowest BCUT2D eigenvalue weighted by atomic mass is 10.2. The number of ether oxygens (including phenoxy) is 1. The number of hydrogen-bond donors (Lipinski definition) is 2. The minimum absolute atomic E-state index is 0.552. The lowest BCUT2D eigenvalue weighted by Crippen LogP contribution is -2.28. The predicted molar refractivity (Wildman–Crippen MR) is 88.7 cm³/mol. The van der Waals surface area contributed by atoms with Crippen molar-refractivity contribution >= 4 is 23.0 Å². The molecule has 0 amide bonds. The van der Waals surface area contributed by atoms with Gasteiger partial charge < -0.3 is 15.4 Å². The van der Waals surface area contributed by atoms with Crippen molar-refractivity contribution in [3.05, 3.63) is 54.9 Å². The highest BCUT2D eigenvalue weighted by atomic mass is 32.1. The Morgan fingerprint density at radius 3 is 3.14 bits per heavy atom. The summed E-state index contributed by atoms with van der Waals surface area (Å²) in [6, 6.07) is 7.91. The Balaban J connectivity index is 1.96. The molecule has 0 fully saturated rings. The molecule has 2 N–H and O–H groups in total. The Hall–Kier alpha value is -2.34. The van der Waals surface area contributed by atoms with Gasteiger partial charge >= 0.3 is 0 Å². The van der Waals surface area contributed by atoms with E-state index in [0.29, 0.717) is 18.2 Å². The molecule has 0 saturated heterocycles. The normalized spacial score (nSPS) is 9.95. The van der Waals surface area contributed by atoms with Crippen LogP contribution < -0.4 is 15.4 Å². The Kier molecular flexibility index (Phi) is 5.34. The SMILES string of the molecule is C=CCNC(=S)Nc1cnn(Cc2cccc(OC)c2)c1. The fourth-order valence-corrected chi connectivity index (χ4v) is 2.01. The molecule has 0 aliphatic carbocycles. The first-order chi connectivity index (χ1) is 10.2. The summed E-state index contributed by atoms with van der Waals surface area (Å²) in [5.74, 6) is 0.841. The number of nitrogens with zero attached hydrogens (tertiary/aromatic N) is 2. The van der Waals surface area contributed by atoms with Gasteiger partial charge in [0.2, 0.25) is 0 Å². The van der Waals surface area contributed by atoms with Gasteiger partial charge in [0.15, 0.2) is 5.11 Å². The van der Waals surface area contributed by atoms with Gasteiger partial charge in [-0.15, -0.1) is 6.58 Å². The van der Waals surface area contributed by atoms with E-state index in [1.54, 1.807) is 19.4 Å². The van der Waals surface area contributed by atoms with Gasteiger partial charge in [-0.2, -0.15) is 5.10 Å². The maximum atomic E-state index is 5.21. The van der Waals surface area contributed by atoms with Crippen LogP contribution in [-0.2, 0) is 6.54 Å². The van der Waals surface area contributed by atoms with E-state index < -0.39 is 0 Å². The maximum absolute atomic E-state index is 5.21. The van der Waals surface area contributed by atoms with Crippen molar-refractivity contribution in [3.63, 3.8) is 0 Å². The number of benzene rings is 1. The predicted octanol–water partition coefficient (Wildman–Crippen LogP) is 2.41. The van der Waals surface area contributed by atoms with E-state index in [4.69, 9.17) is 17.0 Å². The second-order valence-corrected chi connectivity index (χ2v) is 4.81.